The summed E-state index contributed by atoms with van der Waals surface area (Å²) in [6.07, 6.45) is 1.71. The molecular formula is C15H8BrCl2N. The highest BCUT2D eigenvalue weighted by atomic mass is 79.9. The van der Waals surface area contributed by atoms with Crippen LogP contribution in [0.15, 0.2) is 53.1 Å². The molecule has 0 bridgehead atoms. The van der Waals surface area contributed by atoms with E-state index in [0.29, 0.717) is 5.15 Å². The molecule has 1 heterocycles. The van der Waals surface area contributed by atoms with Crippen LogP contribution in [-0.4, -0.2) is 4.98 Å². The lowest BCUT2D eigenvalue weighted by molar-refractivity contribution is 1.35. The van der Waals surface area contributed by atoms with Gasteiger partial charge in [-0.1, -0.05) is 47.5 Å². The maximum Gasteiger partial charge on any atom is 0.136 e. The number of rotatable bonds is 1. The van der Waals surface area contributed by atoms with Crippen molar-refractivity contribution in [2.24, 2.45) is 0 Å². The molecule has 0 unspecified atom stereocenters. The summed E-state index contributed by atoms with van der Waals surface area (Å²) in [5, 5.41) is 3.19. The van der Waals surface area contributed by atoms with Gasteiger partial charge in [0.2, 0.25) is 0 Å². The molecule has 2 aromatic carbocycles. The smallest absolute Gasteiger partial charge is 0.136 e. The minimum atomic E-state index is 0.502. The number of benzene rings is 2. The van der Waals surface area contributed by atoms with E-state index in [1.165, 1.54) is 0 Å². The Balaban J connectivity index is 2.25. The van der Waals surface area contributed by atoms with Gasteiger partial charge in [0.25, 0.3) is 0 Å². The molecule has 0 spiro atoms. The van der Waals surface area contributed by atoms with Crippen LogP contribution in [0.1, 0.15) is 0 Å². The first-order valence-electron chi connectivity index (χ1n) is 5.65. The van der Waals surface area contributed by atoms with Crippen LogP contribution in [0, 0.1) is 0 Å². The molecule has 0 radical (unpaired) electrons. The van der Waals surface area contributed by atoms with Crippen molar-refractivity contribution in [3.05, 3.63) is 63.3 Å². The summed E-state index contributed by atoms with van der Waals surface area (Å²) < 4.78 is 0.935. The van der Waals surface area contributed by atoms with Crippen molar-refractivity contribution in [1.82, 2.24) is 4.98 Å². The van der Waals surface area contributed by atoms with Crippen molar-refractivity contribution in [3.8, 4) is 11.1 Å². The van der Waals surface area contributed by atoms with Crippen LogP contribution in [0.25, 0.3) is 21.9 Å². The second-order valence-corrected chi connectivity index (χ2v) is 5.82. The van der Waals surface area contributed by atoms with Gasteiger partial charge in [0, 0.05) is 26.5 Å². The first-order chi connectivity index (χ1) is 9.15. The van der Waals surface area contributed by atoms with E-state index in [2.05, 4.69) is 27.0 Å². The van der Waals surface area contributed by atoms with E-state index in [0.717, 1.165) is 31.4 Å². The minimum Gasteiger partial charge on any atom is -0.243 e. The lowest BCUT2D eigenvalue weighted by Gasteiger charge is -2.07. The van der Waals surface area contributed by atoms with Crippen molar-refractivity contribution in [3.63, 3.8) is 0 Å². The number of halogens is 3. The first-order valence-corrected chi connectivity index (χ1v) is 7.20. The zero-order valence-electron chi connectivity index (χ0n) is 9.70. The Morgan fingerprint density at radius 2 is 1.68 bits per heavy atom. The van der Waals surface area contributed by atoms with Crippen LogP contribution in [0.2, 0.25) is 10.2 Å². The second-order valence-electron chi connectivity index (χ2n) is 4.17. The lowest BCUT2D eigenvalue weighted by atomic mass is 10.0. The summed E-state index contributed by atoms with van der Waals surface area (Å²) in [6, 6.07) is 13.9. The largest absolute Gasteiger partial charge is 0.243 e. The van der Waals surface area contributed by atoms with Crippen molar-refractivity contribution in [1.29, 1.82) is 0 Å². The van der Waals surface area contributed by atoms with E-state index >= 15 is 0 Å². The number of hydrogen-bond acceptors (Lipinski definition) is 1. The van der Waals surface area contributed by atoms with Gasteiger partial charge < -0.3 is 0 Å². The van der Waals surface area contributed by atoms with E-state index < -0.39 is 0 Å². The third kappa shape index (κ3) is 2.48. The quantitative estimate of drug-likeness (QED) is 0.491. The maximum atomic E-state index is 6.16. The van der Waals surface area contributed by atoms with Gasteiger partial charge in [-0.15, -0.1) is 0 Å². The lowest BCUT2D eigenvalue weighted by Crippen LogP contribution is -1.84. The van der Waals surface area contributed by atoms with Crippen molar-refractivity contribution in [2.75, 3.05) is 0 Å². The van der Waals surface area contributed by atoms with Crippen LogP contribution in [0.5, 0.6) is 0 Å². The molecule has 0 aliphatic rings. The van der Waals surface area contributed by atoms with Crippen LogP contribution < -0.4 is 0 Å². The van der Waals surface area contributed by atoms with Gasteiger partial charge in [-0.3, -0.25) is 0 Å². The number of pyridine rings is 1. The Kier molecular flexibility index (Phi) is 3.48. The van der Waals surface area contributed by atoms with E-state index in [1.807, 2.05) is 36.4 Å². The van der Waals surface area contributed by atoms with Crippen LogP contribution in [0.4, 0.5) is 0 Å². The van der Waals surface area contributed by atoms with Crippen molar-refractivity contribution < 1.29 is 0 Å². The summed E-state index contributed by atoms with van der Waals surface area (Å²) in [4.78, 5) is 4.15. The van der Waals surface area contributed by atoms with Gasteiger partial charge in [0.05, 0.1) is 0 Å². The van der Waals surface area contributed by atoms with E-state index in [1.54, 1.807) is 6.20 Å². The van der Waals surface area contributed by atoms with Crippen LogP contribution in [0.3, 0.4) is 0 Å². The zero-order chi connectivity index (χ0) is 13.4. The Bertz CT molecular complexity index is 771. The molecule has 0 fully saturated rings. The third-order valence-corrected chi connectivity index (χ3v) is 4.12. The minimum absolute atomic E-state index is 0.502. The molecular weight excluding hydrogens is 345 g/mol. The fourth-order valence-electron chi connectivity index (χ4n) is 2.02. The second kappa shape index (κ2) is 5.12. The Hall–Kier alpha value is -1.09. The fourth-order valence-corrected chi connectivity index (χ4v) is 2.87. The Morgan fingerprint density at radius 1 is 0.895 bits per heavy atom. The van der Waals surface area contributed by atoms with Crippen molar-refractivity contribution >= 4 is 49.9 Å². The van der Waals surface area contributed by atoms with Gasteiger partial charge >= 0.3 is 0 Å². The molecule has 1 nitrogen and oxygen atoms in total. The number of nitrogens with zero attached hydrogens (tertiary/aromatic N) is 1. The molecule has 0 amide bonds. The summed E-state index contributed by atoms with van der Waals surface area (Å²) in [6.45, 7) is 0. The summed E-state index contributed by atoms with van der Waals surface area (Å²) in [5.41, 5.74) is 2.13. The molecule has 3 rings (SSSR count). The summed E-state index contributed by atoms with van der Waals surface area (Å²) >= 11 is 15.7. The highest BCUT2D eigenvalue weighted by molar-refractivity contribution is 9.10. The molecule has 0 saturated heterocycles. The predicted octanol–water partition coefficient (Wildman–Crippen LogP) is 5.97. The molecule has 4 heteroatoms. The third-order valence-electron chi connectivity index (χ3n) is 2.95. The molecule has 3 aromatic rings. The van der Waals surface area contributed by atoms with Crippen LogP contribution in [-0.2, 0) is 0 Å². The maximum absolute atomic E-state index is 6.16. The number of aromatic nitrogens is 1. The van der Waals surface area contributed by atoms with Gasteiger partial charge in [0.1, 0.15) is 5.15 Å². The van der Waals surface area contributed by atoms with E-state index in [-0.39, 0.29) is 0 Å². The van der Waals surface area contributed by atoms with Gasteiger partial charge in [0.15, 0.2) is 0 Å². The average Bonchev–Trinajstić information content (AvgIpc) is 2.43. The van der Waals surface area contributed by atoms with Crippen LogP contribution >= 0.6 is 39.1 Å². The van der Waals surface area contributed by atoms with Gasteiger partial charge in [-0.2, -0.15) is 0 Å². The molecule has 19 heavy (non-hydrogen) atoms. The predicted molar refractivity (Wildman–Crippen MR) is 84.9 cm³/mol. The standard InChI is InChI=1S/C15H8BrCl2N/c16-14-8-19-15(18)13-7-10(4-5-12(13)14)9-2-1-3-11(17)6-9/h1-8H. The monoisotopic (exact) mass is 351 g/mol. The van der Waals surface area contributed by atoms with Gasteiger partial charge in [-0.05, 0) is 45.3 Å². The molecule has 0 atom stereocenters. The van der Waals surface area contributed by atoms with Gasteiger partial charge in [-0.25, -0.2) is 4.98 Å². The molecule has 0 aliphatic carbocycles. The normalized spacial score (nSPS) is 10.9. The fraction of sp³-hybridized carbons (Fsp3) is 0. The highest BCUT2D eigenvalue weighted by Crippen LogP contribution is 2.32. The SMILES string of the molecule is Clc1cccc(-c2ccc3c(Br)cnc(Cl)c3c2)c1. The number of fused-ring (bicyclic) bond motifs is 1. The molecule has 94 valence electrons. The van der Waals surface area contributed by atoms with E-state index in [4.69, 9.17) is 23.2 Å². The highest BCUT2D eigenvalue weighted by Gasteiger charge is 2.06. The summed E-state index contributed by atoms with van der Waals surface area (Å²) in [5.74, 6) is 0. The molecule has 0 saturated carbocycles. The molecule has 1 aromatic heterocycles. The Labute approximate surface area is 129 Å². The zero-order valence-corrected chi connectivity index (χ0v) is 12.8. The van der Waals surface area contributed by atoms with Crippen molar-refractivity contribution in [2.45, 2.75) is 0 Å². The number of hydrogen-bond donors (Lipinski definition) is 0. The summed E-state index contributed by atoms with van der Waals surface area (Å²) in [7, 11) is 0. The molecule has 0 aliphatic heterocycles. The topological polar surface area (TPSA) is 12.9 Å². The average molecular weight is 353 g/mol. The molecule has 0 N–H and O–H groups in total. The van der Waals surface area contributed by atoms with E-state index in [9.17, 15) is 0 Å². The Morgan fingerprint density at radius 3 is 2.47 bits per heavy atom. The first kappa shape index (κ1) is 12.9.